The molecule has 0 radical (unpaired) electrons. The van der Waals surface area contributed by atoms with E-state index in [-0.39, 0.29) is 0 Å². The highest BCUT2D eigenvalue weighted by Crippen LogP contribution is 2.12. The van der Waals surface area contributed by atoms with Crippen molar-refractivity contribution in [1.82, 2.24) is 14.6 Å². The minimum absolute atomic E-state index is 0.456. The molecule has 4 nitrogen and oxygen atoms in total. The smallest absolute Gasteiger partial charge is 0.243 e. The maximum Gasteiger partial charge on any atom is 0.243 e. The van der Waals surface area contributed by atoms with Gasteiger partial charge in [0.05, 0.1) is 0 Å². The summed E-state index contributed by atoms with van der Waals surface area (Å²) in [6, 6.07) is 4.49. The first-order valence-electron chi connectivity index (χ1n) is 5.83. The van der Waals surface area contributed by atoms with Crippen LogP contribution in [0.15, 0.2) is 18.3 Å². The van der Waals surface area contributed by atoms with E-state index in [0.29, 0.717) is 6.04 Å². The molecule has 1 N–H and O–H groups in total. The largest absolute Gasteiger partial charge is 0.350 e. The van der Waals surface area contributed by atoms with Gasteiger partial charge in [-0.1, -0.05) is 19.9 Å². The SMILES string of the molecule is CCC(CC)Nc1nc2c(C)cccn2n1. The van der Waals surface area contributed by atoms with Gasteiger partial charge in [0.2, 0.25) is 5.95 Å². The molecule has 0 unspecified atom stereocenters. The van der Waals surface area contributed by atoms with E-state index in [1.807, 2.05) is 29.8 Å². The number of nitrogens with zero attached hydrogens (tertiary/aromatic N) is 3. The van der Waals surface area contributed by atoms with Crippen molar-refractivity contribution in [3.05, 3.63) is 23.9 Å². The van der Waals surface area contributed by atoms with Crippen molar-refractivity contribution in [2.75, 3.05) is 5.32 Å². The second-order valence-corrected chi connectivity index (χ2v) is 4.05. The van der Waals surface area contributed by atoms with E-state index in [1.165, 1.54) is 0 Å². The predicted octanol–water partition coefficient (Wildman–Crippen LogP) is 2.64. The minimum Gasteiger partial charge on any atom is -0.350 e. The zero-order valence-corrected chi connectivity index (χ0v) is 10.1. The van der Waals surface area contributed by atoms with Crippen LogP contribution in [0.1, 0.15) is 32.3 Å². The second-order valence-electron chi connectivity index (χ2n) is 4.05. The van der Waals surface area contributed by atoms with Crippen molar-refractivity contribution >= 4 is 11.6 Å². The molecule has 16 heavy (non-hydrogen) atoms. The second kappa shape index (κ2) is 4.51. The maximum atomic E-state index is 4.49. The number of nitrogens with one attached hydrogen (secondary N) is 1. The van der Waals surface area contributed by atoms with Gasteiger partial charge in [-0.25, -0.2) is 4.52 Å². The summed E-state index contributed by atoms with van der Waals surface area (Å²) in [5.74, 6) is 0.725. The van der Waals surface area contributed by atoms with E-state index in [0.717, 1.165) is 30.0 Å². The molecule has 2 heterocycles. The molecular weight excluding hydrogens is 200 g/mol. The monoisotopic (exact) mass is 218 g/mol. The Labute approximate surface area is 95.7 Å². The van der Waals surface area contributed by atoms with Gasteiger partial charge in [-0.3, -0.25) is 0 Å². The number of aryl methyl sites for hydroxylation is 1. The van der Waals surface area contributed by atoms with Crippen LogP contribution in [0.3, 0.4) is 0 Å². The van der Waals surface area contributed by atoms with Gasteiger partial charge < -0.3 is 5.32 Å². The minimum atomic E-state index is 0.456. The fourth-order valence-corrected chi connectivity index (χ4v) is 1.78. The van der Waals surface area contributed by atoms with Crippen LogP contribution in [-0.4, -0.2) is 20.6 Å². The van der Waals surface area contributed by atoms with Crippen molar-refractivity contribution < 1.29 is 0 Å². The lowest BCUT2D eigenvalue weighted by Crippen LogP contribution is -2.17. The number of anilines is 1. The van der Waals surface area contributed by atoms with Gasteiger partial charge in [-0.05, 0) is 31.4 Å². The van der Waals surface area contributed by atoms with Crippen molar-refractivity contribution in [2.45, 2.75) is 39.7 Å². The molecule has 0 saturated carbocycles. The number of hydrogen-bond donors (Lipinski definition) is 1. The zero-order chi connectivity index (χ0) is 11.5. The molecule has 0 bridgehead atoms. The third-order valence-electron chi connectivity index (χ3n) is 2.88. The lowest BCUT2D eigenvalue weighted by molar-refractivity contribution is 0.664. The Morgan fingerprint density at radius 1 is 1.38 bits per heavy atom. The maximum absolute atomic E-state index is 4.49. The van der Waals surface area contributed by atoms with Crippen molar-refractivity contribution in [3.8, 4) is 0 Å². The third-order valence-corrected chi connectivity index (χ3v) is 2.88. The van der Waals surface area contributed by atoms with E-state index in [9.17, 15) is 0 Å². The number of rotatable bonds is 4. The highest BCUT2D eigenvalue weighted by Gasteiger charge is 2.08. The van der Waals surface area contributed by atoms with E-state index in [2.05, 4.69) is 29.2 Å². The number of fused-ring (bicyclic) bond motifs is 1. The van der Waals surface area contributed by atoms with E-state index >= 15 is 0 Å². The summed E-state index contributed by atoms with van der Waals surface area (Å²) in [6.45, 7) is 6.38. The van der Waals surface area contributed by atoms with Crippen molar-refractivity contribution in [3.63, 3.8) is 0 Å². The molecule has 86 valence electrons. The topological polar surface area (TPSA) is 42.2 Å². The van der Waals surface area contributed by atoms with E-state index in [4.69, 9.17) is 0 Å². The molecular formula is C12H18N4. The Hall–Kier alpha value is -1.58. The fraction of sp³-hybridized carbons (Fsp3) is 0.500. The molecule has 0 spiro atoms. The lowest BCUT2D eigenvalue weighted by atomic mass is 10.2. The standard InChI is InChI=1S/C12H18N4/c1-4-10(5-2)13-12-14-11-9(3)7-6-8-16(11)15-12/h6-8,10H,4-5H2,1-3H3,(H,13,15). The van der Waals surface area contributed by atoms with Crippen LogP contribution in [0, 0.1) is 6.92 Å². The molecule has 2 aromatic heterocycles. The van der Waals surface area contributed by atoms with Crippen molar-refractivity contribution in [2.24, 2.45) is 0 Å². The fourth-order valence-electron chi connectivity index (χ4n) is 1.78. The van der Waals surface area contributed by atoms with Gasteiger partial charge in [-0.15, -0.1) is 5.10 Å². The van der Waals surface area contributed by atoms with Crippen LogP contribution in [0.2, 0.25) is 0 Å². The average molecular weight is 218 g/mol. The Kier molecular flexibility index (Phi) is 3.08. The van der Waals surface area contributed by atoms with Crippen LogP contribution >= 0.6 is 0 Å². The zero-order valence-electron chi connectivity index (χ0n) is 10.1. The molecule has 0 aliphatic heterocycles. The van der Waals surface area contributed by atoms with E-state index in [1.54, 1.807) is 0 Å². The Balaban J connectivity index is 2.29. The van der Waals surface area contributed by atoms with Crippen molar-refractivity contribution in [1.29, 1.82) is 0 Å². The average Bonchev–Trinajstić information content (AvgIpc) is 2.70. The summed E-state index contributed by atoms with van der Waals surface area (Å²) in [5.41, 5.74) is 2.07. The highest BCUT2D eigenvalue weighted by atomic mass is 15.3. The lowest BCUT2D eigenvalue weighted by Gasteiger charge is -2.11. The van der Waals surface area contributed by atoms with Gasteiger partial charge in [0.25, 0.3) is 0 Å². The molecule has 0 fully saturated rings. The normalized spacial score (nSPS) is 11.2. The van der Waals surface area contributed by atoms with Gasteiger partial charge >= 0.3 is 0 Å². The summed E-state index contributed by atoms with van der Waals surface area (Å²) in [7, 11) is 0. The van der Waals surface area contributed by atoms with Crippen LogP contribution in [0.5, 0.6) is 0 Å². The van der Waals surface area contributed by atoms with Crippen LogP contribution in [0.4, 0.5) is 5.95 Å². The molecule has 0 amide bonds. The van der Waals surface area contributed by atoms with Crippen LogP contribution in [-0.2, 0) is 0 Å². The van der Waals surface area contributed by atoms with Gasteiger partial charge in [-0.2, -0.15) is 4.98 Å². The third kappa shape index (κ3) is 2.01. The number of hydrogen-bond acceptors (Lipinski definition) is 3. The van der Waals surface area contributed by atoms with Gasteiger partial charge in [0.15, 0.2) is 5.65 Å². The number of pyridine rings is 1. The first-order valence-corrected chi connectivity index (χ1v) is 5.83. The highest BCUT2D eigenvalue weighted by molar-refractivity contribution is 5.49. The molecule has 0 aromatic carbocycles. The molecule has 0 aliphatic carbocycles. The summed E-state index contributed by atoms with van der Waals surface area (Å²) >= 11 is 0. The first-order chi connectivity index (χ1) is 7.74. The molecule has 0 aliphatic rings. The van der Waals surface area contributed by atoms with E-state index < -0.39 is 0 Å². The summed E-state index contributed by atoms with van der Waals surface area (Å²) in [6.07, 6.45) is 4.10. The van der Waals surface area contributed by atoms with Gasteiger partial charge in [0, 0.05) is 12.2 Å². The Bertz CT molecular complexity index is 471. The Morgan fingerprint density at radius 3 is 2.75 bits per heavy atom. The summed E-state index contributed by atoms with van der Waals surface area (Å²) < 4.78 is 1.82. The first kappa shape index (κ1) is 10.9. The van der Waals surface area contributed by atoms with Crippen LogP contribution in [0.25, 0.3) is 5.65 Å². The molecule has 0 atom stereocenters. The predicted molar refractivity (Wildman–Crippen MR) is 65.7 cm³/mol. The van der Waals surface area contributed by atoms with Crippen LogP contribution < -0.4 is 5.32 Å². The molecule has 2 rings (SSSR count). The summed E-state index contributed by atoms with van der Waals surface area (Å²) in [5, 5.41) is 7.76. The summed E-state index contributed by atoms with van der Waals surface area (Å²) in [4.78, 5) is 4.49. The molecule has 0 saturated heterocycles. The van der Waals surface area contributed by atoms with Gasteiger partial charge in [0.1, 0.15) is 0 Å². The quantitative estimate of drug-likeness (QED) is 0.857. The molecule has 2 aromatic rings. The number of aromatic nitrogens is 3. The Morgan fingerprint density at radius 2 is 2.12 bits per heavy atom. The molecule has 4 heteroatoms.